The number of hydrogen-bond donors (Lipinski definition) is 0. The Morgan fingerprint density at radius 3 is 1.45 bits per heavy atom. The zero-order valence-electron chi connectivity index (χ0n) is 29.9. The average molecular weight is 700 g/mol. The number of benzene rings is 9. The molecule has 0 atom stereocenters. The van der Waals surface area contributed by atoms with Crippen molar-refractivity contribution < 1.29 is 0 Å². The molecule has 3 nitrogen and oxygen atoms in total. The molecular weight excluding hydrogens is 667 g/mol. The van der Waals surface area contributed by atoms with Crippen LogP contribution in [-0.4, -0.2) is 14.5 Å². The van der Waals surface area contributed by atoms with Gasteiger partial charge in [-0.3, -0.25) is 0 Å². The smallest absolute Gasteiger partial charge is 0.160 e. The van der Waals surface area contributed by atoms with Crippen LogP contribution in [0.15, 0.2) is 200 Å². The lowest BCUT2D eigenvalue weighted by atomic mass is 9.91. The predicted octanol–water partition coefficient (Wildman–Crippen LogP) is 13.7. The molecule has 0 aliphatic heterocycles. The standard InChI is InChI=1S/C52H33N3/c1-2-14-39-34(12-1)13-11-20-46(39)51-47-19-5-8-21-48(47)53-52(54-51)37-26-24-35(25-27-37)40-32-33-41(43-16-4-3-15-42(40)43)36-28-30-38(31-29-36)55-49-22-9-6-17-44(49)45-18-7-10-23-50(45)55/h1-33H. The molecule has 11 rings (SSSR count). The van der Waals surface area contributed by atoms with Crippen molar-refractivity contribution in [1.29, 1.82) is 0 Å². The minimum atomic E-state index is 0.720. The van der Waals surface area contributed by atoms with Crippen LogP contribution >= 0.6 is 0 Å². The Morgan fingerprint density at radius 1 is 0.309 bits per heavy atom. The Bertz CT molecular complexity index is 3190. The Balaban J connectivity index is 0.963. The quantitative estimate of drug-likeness (QED) is 0.179. The number of para-hydroxylation sites is 3. The zero-order chi connectivity index (χ0) is 36.3. The largest absolute Gasteiger partial charge is 0.309 e. The first-order chi connectivity index (χ1) is 27.3. The van der Waals surface area contributed by atoms with Crippen LogP contribution in [0.4, 0.5) is 0 Å². The van der Waals surface area contributed by atoms with Crippen LogP contribution in [0.1, 0.15) is 0 Å². The molecule has 0 spiro atoms. The first-order valence-electron chi connectivity index (χ1n) is 18.7. The lowest BCUT2D eigenvalue weighted by Gasteiger charge is -2.14. The van der Waals surface area contributed by atoms with Gasteiger partial charge in [-0.25, -0.2) is 9.97 Å². The highest BCUT2D eigenvalue weighted by Gasteiger charge is 2.16. The molecule has 0 unspecified atom stereocenters. The van der Waals surface area contributed by atoms with Crippen LogP contribution in [-0.2, 0) is 0 Å². The fourth-order valence-electron chi connectivity index (χ4n) is 8.44. The molecule has 55 heavy (non-hydrogen) atoms. The molecule has 0 saturated heterocycles. The van der Waals surface area contributed by atoms with Gasteiger partial charge in [0.1, 0.15) is 0 Å². The molecule has 2 heterocycles. The van der Waals surface area contributed by atoms with Crippen molar-refractivity contribution in [2.24, 2.45) is 0 Å². The van der Waals surface area contributed by atoms with Gasteiger partial charge in [0.25, 0.3) is 0 Å². The summed E-state index contributed by atoms with van der Waals surface area (Å²) < 4.78 is 2.37. The van der Waals surface area contributed by atoms with Gasteiger partial charge in [-0.1, -0.05) is 170 Å². The van der Waals surface area contributed by atoms with Gasteiger partial charge in [-0.05, 0) is 74.1 Å². The van der Waals surface area contributed by atoms with Crippen molar-refractivity contribution in [3.63, 3.8) is 0 Å². The fraction of sp³-hybridized carbons (Fsp3) is 0. The van der Waals surface area contributed by atoms with Crippen molar-refractivity contribution in [3.05, 3.63) is 200 Å². The van der Waals surface area contributed by atoms with Crippen LogP contribution in [0.2, 0.25) is 0 Å². The maximum atomic E-state index is 5.23. The van der Waals surface area contributed by atoms with Crippen molar-refractivity contribution in [3.8, 4) is 50.6 Å². The van der Waals surface area contributed by atoms with Crippen LogP contribution in [0.5, 0.6) is 0 Å². The third kappa shape index (κ3) is 5.13. The van der Waals surface area contributed by atoms with Gasteiger partial charge in [-0.15, -0.1) is 0 Å². The van der Waals surface area contributed by atoms with Gasteiger partial charge >= 0.3 is 0 Å². The summed E-state index contributed by atoms with van der Waals surface area (Å²) in [6.07, 6.45) is 0. The molecule has 0 bridgehead atoms. The van der Waals surface area contributed by atoms with Gasteiger partial charge in [0.2, 0.25) is 0 Å². The summed E-state index contributed by atoms with van der Waals surface area (Å²) in [6.45, 7) is 0. The van der Waals surface area contributed by atoms with Gasteiger partial charge in [-0.2, -0.15) is 0 Å². The van der Waals surface area contributed by atoms with E-state index in [0.29, 0.717) is 0 Å². The van der Waals surface area contributed by atoms with Crippen molar-refractivity contribution >= 4 is 54.3 Å². The molecule has 3 heteroatoms. The Kier molecular flexibility index (Phi) is 7.17. The molecular formula is C52H33N3. The Labute approximate surface area is 318 Å². The van der Waals surface area contributed by atoms with Crippen LogP contribution in [0, 0.1) is 0 Å². The maximum absolute atomic E-state index is 5.23. The SMILES string of the molecule is c1ccc2c(-c3nc(-c4ccc(-c5ccc(-c6ccc(-n7c8ccccc8c8ccccc87)cc6)c6ccccc56)cc4)nc4ccccc34)cccc2c1. The molecule has 0 radical (unpaired) electrons. The van der Waals surface area contributed by atoms with E-state index >= 15 is 0 Å². The summed E-state index contributed by atoms with van der Waals surface area (Å²) in [7, 11) is 0. The summed E-state index contributed by atoms with van der Waals surface area (Å²) in [4.78, 5) is 10.3. The molecule has 2 aromatic heterocycles. The van der Waals surface area contributed by atoms with Crippen molar-refractivity contribution in [1.82, 2.24) is 14.5 Å². The van der Waals surface area contributed by atoms with E-state index < -0.39 is 0 Å². The summed E-state index contributed by atoms with van der Waals surface area (Å²) in [5.41, 5.74) is 12.3. The van der Waals surface area contributed by atoms with Crippen LogP contribution < -0.4 is 0 Å². The lowest BCUT2D eigenvalue weighted by Crippen LogP contribution is -1.96. The second-order valence-corrected chi connectivity index (χ2v) is 14.1. The summed E-state index contributed by atoms with van der Waals surface area (Å²) >= 11 is 0. The monoisotopic (exact) mass is 699 g/mol. The first-order valence-corrected chi connectivity index (χ1v) is 18.7. The molecule has 9 aromatic carbocycles. The van der Waals surface area contributed by atoms with Gasteiger partial charge in [0.05, 0.1) is 22.2 Å². The van der Waals surface area contributed by atoms with Gasteiger partial charge in [0, 0.05) is 33.0 Å². The van der Waals surface area contributed by atoms with Gasteiger partial charge < -0.3 is 4.57 Å². The topological polar surface area (TPSA) is 30.7 Å². The van der Waals surface area contributed by atoms with E-state index in [-0.39, 0.29) is 0 Å². The minimum absolute atomic E-state index is 0.720. The molecule has 0 amide bonds. The van der Waals surface area contributed by atoms with E-state index in [1.54, 1.807) is 0 Å². The molecule has 0 aliphatic rings. The third-order valence-corrected chi connectivity index (χ3v) is 11.0. The molecule has 0 fully saturated rings. The highest BCUT2D eigenvalue weighted by Crippen LogP contribution is 2.39. The van der Waals surface area contributed by atoms with E-state index in [4.69, 9.17) is 9.97 Å². The lowest BCUT2D eigenvalue weighted by molar-refractivity contribution is 1.18. The maximum Gasteiger partial charge on any atom is 0.160 e. The average Bonchev–Trinajstić information content (AvgIpc) is 3.60. The summed E-state index contributed by atoms with van der Waals surface area (Å²) in [5, 5.41) is 8.42. The number of nitrogens with zero attached hydrogens (tertiary/aromatic N) is 3. The normalized spacial score (nSPS) is 11.6. The van der Waals surface area contributed by atoms with Crippen LogP contribution in [0.3, 0.4) is 0 Å². The third-order valence-electron chi connectivity index (χ3n) is 11.0. The molecule has 0 N–H and O–H groups in total. The molecule has 256 valence electrons. The van der Waals surface area contributed by atoms with E-state index in [1.807, 2.05) is 6.07 Å². The second-order valence-electron chi connectivity index (χ2n) is 14.1. The minimum Gasteiger partial charge on any atom is -0.309 e. The Hall–Kier alpha value is -7.36. The van der Waals surface area contributed by atoms with Crippen molar-refractivity contribution in [2.75, 3.05) is 0 Å². The van der Waals surface area contributed by atoms with E-state index in [1.165, 1.54) is 60.0 Å². The second kappa shape index (κ2) is 12.6. The van der Waals surface area contributed by atoms with Crippen molar-refractivity contribution in [2.45, 2.75) is 0 Å². The highest BCUT2D eigenvalue weighted by atomic mass is 15.0. The number of hydrogen-bond acceptors (Lipinski definition) is 2. The molecule has 0 saturated carbocycles. The summed E-state index contributed by atoms with van der Waals surface area (Å²) in [5.74, 6) is 0.720. The highest BCUT2D eigenvalue weighted by molar-refractivity contribution is 6.10. The molecule has 0 aliphatic carbocycles. The van der Waals surface area contributed by atoms with Gasteiger partial charge in [0.15, 0.2) is 5.82 Å². The van der Waals surface area contributed by atoms with E-state index in [9.17, 15) is 0 Å². The van der Waals surface area contributed by atoms with E-state index in [0.717, 1.165) is 44.8 Å². The van der Waals surface area contributed by atoms with Crippen LogP contribution in [0.25, 0.3) is 105 Å². The predicted molar refractivity (Wildman–Crippen MR) is 231 cm³/mol. The first kappa shape index (κ1) is 31.2. The zero-order valence-corrected chi connectivity index (χ0v) is 29.9. The van der Waals surface area contributed by atoms with E-state index in [2.05, 4.69) is 199 Å². The number of fused-ring (bicyclic) bond motifs is 6. The Morgan fingerprint density at radius 2 is 0.800 bits per heavy atom. The summed E-state index contributed by atoms with van der Waals surface area (Å²) in [6, 6.07) is 71.5. The number of aromatic nitrogens is 3. The molecule has 11 aromatic rings. The number of rotatable bonds is 5. The fourth-order valence-corrected chi connectivity index (χ4v) is 8.44.